The van der Waals surface area contributed by atoms with Crippen molar-refractivity contribution in [2.45, 2.75) is 25.1 Å². The summed E-state index contributed by atoms with van der Waals surface area (Å²) >= 11 is 0.342. The maximum absolute atomic E-state index is 12.2. The number of hydrogen-bond acceptors (Lipinski definition) is 4. The molecule has 1 unspecified atom stereocenters. The number of thiazole rings is 1. The number of alkyl halides is 3. The summed E-state index contributed by atoms with van der Waals surface area (Å²) in [5.74, 6) is 0. The van der Waals surface area contributed by atoms with Crippen LogP contribution in [0, 0.1) is 0 Å². The summed E-state index contributed by atoms with van der Waals surface area (Å²) < 4.78 is 36.5. The van der Waals surface area contributed by atoms with Crippen molar-refractivity contribution in [1.82, 2.24) is 4.98 Å². The van der Waals surface area contributed by atoms with Gasteiger partial charge in [0.25, 0.3) is 0 Å². The van der Waals surface area contributed by atoms with Crippen LogP contribution in [0.4, 0.5) is 13.2 Å². The van der Waals surface area contributed by atoms with Crippen molar-refractivity contribution in [3.8, 4) is 0 Å². The molecule has 1 aromatic heterocycles. The smallest absolute Gasteiger partial charge is 0.384 e. The molecule has 0 radical (unpaired) electrons. The molecule has 0 aliphatic carbocycles. The van der Waals surface area contributed by atoms with Crippen molar-refractivity contribution in [2.75, 3.05) is 0 Å². The summed E-state index contributed by atoms with van der Waals surface area (Å²) in [6.07, 6.45) is -3.38. The molecule has 0 saturated heterocycles. The van der Waals surface area contributed by atoms with E-state index in [0.717, 1.165) is 6.20 Å². The first-order valence-electron chi connectivity index (χ1n) is 3.97. The molecule has 84 valence electrons. The van der Waals surface area contributed by atoms with Gasteiger partial charge < -0.3 is 9.90 Å². The van der Waals surface area contributed by atoms with E-state index in [2.05, 4.69) is 4.98 Å². The normalized spacial score (nSPS) is 16.1. The third-order valence-corrected chi connectivity index (χ3v) is 3.06. The van der Waals surface area contributed by atoms with Crippen LogP contribution in [0.15, 0.2) is 6.20 Å². The molecule has 0 spiro atoms. The monoisotopic (exact) mass is 239 g/mol. The molecule has 0 saturated carbocycles. The molecule has 1 N–H and O–H groups in total. The second-order valence-corrected chi connectivity index (χ2v) is 4.20. The van der Waals surface area contributed by atoms with E-state index in [1.807, 2.05) is 0 Å². The van der Waals surface area contributed by atoms with Crippen LogP contribution < -0.4 is 0 Å². The van der Waals surface area contributed by atoms with Crippen LogP contribution in [-0.4, -0.2) is 16.4 Å². The summed E-state index contributed by atoms with van der Waals surface area (Å²) in [5, 5.41) is 8.61. The largest absolute Gasteiger partial charge is 0.443 e. The van der Waals surface area contributed by atoms with Gasteiger partial charge in [-0.3, -0.25) is 0 Å². The SMILES string of the molecule is CC(O)(CC=O)c1cnc(C(F)(F)F)s1. The average Bonchev–Trinajstić information content (AvgIpc) is 2.50. The van der Waals surface area contributed by atoms with Gasteiger partial charge in [-0.1, -0.05) is 0 Å². The predicted molar refractivity (Wildman–Crippen MR) is 47.4 cm³/mol. The molecule has 1 atom stereocenters. The molecule has 15 heavy (non-hydrogen) atoms. The lowest BCUT2D eigenvalue weighted by molar-refractivity contribution is -0.137. The minimum absolute atomic E-state index is 0.0296. The minimum Gasteiger partial charge on any atom is -0.384 e. The maximum Gasteiger partial charge on any atom is 0.443 e. The highest BCUT2D eigenvalue weighted by Gasteiger charge is 2.36. The fraction of sp³-hybridized carbons (Fsp3) is 0.500. The van der Waals surface area contributed by atoms with Crippen LogP contribution in [-0.2, 0) is 16.6 Å². The Balaban J connectivity index is 2.98. The van der Waals surface area contributed by atoms with Gasteiger partial charge in [0.1, 0.15) is 11.9 Å². The van der Waals surface area contributed by atoms with E-state index in [4.69, 9.17) is 0 Å². The molecule has 0 aliphatic rings. The average molecular weight is 239 g/mol. The van der Waals surface area contributed by atoms with Gasteiger partial charge in [0.05, 0.1) is 4.88 Å². The van der Waals surface area contributed by atoms with Crippen molar-refractivity contribution in [3.63, 3.8) is 0 Å². The Bertz CT molecular complexity index is 359. The number of halogens is 3. The molecule has 0 bridgehead atoms. The summed E-state index contributed by atoms with van der Waals surface area (Å²) in [6, 6.07) is 0. The lowest BCUT2D eigenvalue weighted by Gasteiger charge is -2.17. The molecular formula is C8H8F3NO2S. The van der Waals surface area contributed by atoms with Crippen LogP contribution in [0.1, 0.15) is 23.2 Å². The van der Waals surface area contributed by atoms with E-state index >= 15 is 0 Å². The first kappa shape index (κ1) is 12.1. The number of aliphatic hydroxyl groups is 1. The van der Waals surface area contributed by atoms with E-state index in [9.17, 15) is 23.1 Å². The van der Waals surface area contributed by atoms with Gasteiger partial charge in [0, 0.05) is 12.6 Å². The molecule has 7 heteroatoms. The topological polar surface area (TPSA) is 50.2 Å². The second-order valence-electron chi connectivity index (χ2n) is 3.17. The Morgan fingerprint density at radius 2 is 2.20 bits per heavy atom. The summed E-state index contributed by atoms with van der Waals surface area (Å²) in [5.41, 5.74) is -1.58. The Morgan fingerprint density at radius 1 is 1.60 bits per heavy atom. The van der Waals surface area contributed by atoms with Gasteiger partial charge in [-0.2, -0.15) is 13.2 Å². The molecule has 0 aliphatic heterocycles. The third-order valence-electron chi connectivity index (χ3n) is 1.76. The number of carbonyl (C=O) groups is 1. The van der Waals surface area contributed by atoms with Crippen molar-refractivity contribution >= 4 is 17.6 Å². The number of nitrogens with zero attached hydrogens (tertiary/aromatic N) is 1. The predicted octanol–water partition coefficient (Wildman–Crippen LogP) is 1.96. The number of rotatable bonds is 3. The van der Waals surface area contributed by atoms with E-state index in [1.165, 1.54) is 6.92 Å². The second kappa shape index (κ2) is 3.90. The highest BCUT2D eigenvalue weighted by atomic mass is 32.1. The first-order chi connectivity index (χ1) is 6.77. The first-order valence-corrected chi connectivity index (χ1v) is 4.78. The van der Waals surface area contributed by atoms with Gasteiger partial charge >= 0.3 is 6.18 Å². The quantitative estimate of drug-likeness (QED) is 0.820. The standard InChI is InChI=1S/C8H8F3NO2S/c1-7(14,2-3-13)5-4-12-6(15-5)8(9,10)11/h3-4,14H,2H2,1H3. The molecule has 1 heterocycles. The van der Waals surface area contributed by atoms with Crippen LogP contribution in [0.2, 0.25) is 0 Å². The Kier molecular flexibility index (Phi) is 3.15. The van der Waals surface area contributed by atoms with Gasteiger partial charge in [-0.05, 0) is 6.92 Å². The summed E-state index contributed by atoms with van der Waals surface area (Å²) in [7, 11) is 0. The van der Waals surface area contributed by atoms with Gasteiger partial charge in [0.15, 0.2) is 5.01 Å². The van der Waals surface area contributed by atoms with E-state index in [0.29, 0.717) is 17.6 Å². The van der Waals surface area contributed by atoms with Crippen LogP contribution in [0.25, 0.3) is 0 Å². The molecule has 1 rings (SSSR count). The van der Waals surface area contributed by atoms with E-state index < -0.39 is 16.8 Å². The lowest BCUT2D eigenvalue weighted by Crippen LogP contribution is -2.19. The van der Waals surface area contributed by atoms with Crippen molar-refractivity contribution in [3.05, 3.63) is 16.1 Å². The molecule has 3 nitrogen and oxygen atoms in total. The van der Waals surface area contributed by atoms with Crippen molar-refractivity contribution < 1.29 is 23.1 Å². The summed E-state index contributed by atoms with van der Waals surface area (Å²) in [6.45, 7) is 1.27. The van der Waals surface area contributed by atoms with Gasteiger partial charge in [-0.15, -0.1) is 11.3 Å². The molecule has 0 fully saturated rings. The molecular weight excluding hydrogens is 231 g/mol. The summed E-state index contributed by atoms with van der Waals surface area (Å²) in [4.78, 5) is 13.4. The highest BCUT2D eigenvalue weighted by molar-refractivity contribution is 7.11. The van der Waals surface area contributed by atoms with Crippen molar-refractivity contribution in [1.29, 1.82) is 0 Å². The maximum atomic E-state index is 12.2. The fourth-order valence-electron chi connectivity index (χ4n) is 0.917. The minimum atomic E-state index is -4.51. The zero-order valence-electron chi connectivity index (χ0n) is 7.71. The van der Waals surface area contributed by atoms with Crippen LogP contribution >= 0.6 is 11.3 Å². The van der Waals surface area contributed by atoms with Crippen molar-refractivity contribution in [2.24, 2.45) is 0 Å². The third kappa shape index (κ3) is 2.75. The van der Waals surface area contributed by atoms with E-state index in [-0.39, 0.29) is 11.3 Å². The van der Waals surface area contributed by atoms with Crippen LogP contribution in [0.3, 0.4) is 0 Å². The lowest BCUT2D eigenvalue weighted by atomic mass is 10.0. The zero-order valence-corrected chi connectivity index (χ0v) is 8.52. The van der Waals surface area contributed by atoms with E-state index in [1.54, 1.807) is 0 Å². The Labute approximate surface area is 87.6 Å². The zero-order chi connectivity index (χ0) is 11.7. The molecule has 0 amide bonds. The molecule has 1 aromatic rings. The molecule has 0 aromatic carbocycles. The fourth-order valence-corrected chi connectivity index (χ4v) is 1.76. The Hall–Kier alpha value is -0.950. The van der Waals surface area contributed by atoms with Crippen LogP contribution in [0.5, 0.6) is 0 Å². The number of aromatic nitrogens is 1. The number of carbonyl (C=O) groups excluding carboxylic acids is 1. The van der Waals surface area contributed by atoms with Gasteiger partial charge in [-0.25, -0.2) is 4.98 Å². The highest BCUT2D eigenvalue weighted by Crippen LogP contribution is 2.36. The number of hydrogen-bond donors (Lipinski definition) is 1. The number of aldehydes is 1. The van der Waals surface area contributed by atoms with Gasteiger partial charge in [0.2, 0.25) is 0 Å². The Morgan fingerprint density at radius 3 is 2.60 bits per heavy atom.